The normalized spacial score (nSPS) is 11.2. The van der Waals surface area contributed by atoms with Crippen LogP contribution in [0, 0.1) is 6.92 Å². The minimum absolute atomic E-state index is 0.315. The molecule has 0 saturated carbocycles. The van der Waals surface area contributed by atoms with Crippen LogP contribution in [0.4, 0.5) is 0 Å². The molecule has 88 valence electrons. The first-order chi connectivity index (χ1) is 8.20. The molecule has 0 aliphatic heterocycles. The predicted octanol–water partition coefficient (Wildman–Crippen LogP) is 1.32. The van der Waals surface area contributed by atoms with Crippen LogP contribution in [0.3, 0.4) is 0 Å². The molecule has 5 heteroatoms. The minimum atomic E-state index is -0.315. The van der Waals surface area contributed by atoms with Crippen LogP contribution in [-0.4, -0.2) is 21.1 Å². The maximum atomic E-state index is 11.4. The van der Waals surface area contributed by atoms with Gasteiger partial charge in [-0.05, 0) is 12.5 Å². The van der Waals surface area contributed by atoms with Gasteiger partial charge in [0.2, 0.25) is 0 Å². The number of aryl methyl sites for hydroxylation is 2. The van der Waals surface area contributed by atoms with E-state index >= 15 is 0 Å². The summed E-state index contributed by atoms with van der Waals surface area (Å²) >= 11 is 0. The van der Waals surface area contributed by atoms with E-state index in [1.54, 1.807) is 6.21 Å². The minimum Gasteiger partial charge on any atom is -0.244 e. The fourth-order valence-electron chi connectivity index (χ4n) is 1.45. The van der Waals surface area contributed by atoms with Gasteiger partial charge in [0.1, 0.15) is 0 Å². The molecule has 0 aliphatic rings. The highest BCUT2D eigenvalue weighted by Gasteiger charge is 2.03. The molecule has 1 aromatic carbocycles. The summed E-state index contributed by atoms with van der Waals surface area (Å²) < 4.78 is 1.28. The number of aromatic nitrogens is 3. The molecular weight excluding hydrogens is 216 g/mol. The third kappa shape index (κ3) is 2.50. The van der Waals surface area contributed by atoms with Gasteiger partial charge in [0.05, 0.1) is 6.21 Å². The molecule has 5 nitrogen and oxygen atoms in total. The predicted molar refractivity (Wildman–Crippen MR) is 66.4 cm³/mol. The molecule has 2 aromatic rings. The maximum Gasteiger partial charge on any atom is 0.364 e. The van der Waals surface area contributed by atoms with E-state index in [1.807, 2.05) is 38.1 Å². The summed E-state index contributed by atoms with van der Waals surface area (Å²) in [4.78, 5) is 11.4. The van der Waals surface area contributed by atoms with Gasteiger partial charge < -0.3 is 0 Å². The average Bonchev–Trinajstić information content (AvgIpc) is 2.69. The monoisotopic (exact) mass is 230 g/mol. The van der Waals surface area contributed by atoms with Crippen LogP contribution in [-0.2, 0) is 6.42 Å². The summed E-state index contributed by atoms with van der Waals surface area (Å²) in [5.41, 5.74) is 1.83. The van der Waals surface area contributed by atoms with Gasteiger partial charge in [0, 0.05) is 6.42 Å². The molecule has 1 heterocycles. The Bertz CT molecular complexity index is 577. The van der Waals surface area contributed by atoms with Crippen LogP contribution >= 0.6 is 0 Å². The second-order valence-corrected chi connectivity index (χ2v) is 3.77. The van der Waals surface area contributed by atoms with Crippen molar-refractivity contribution >= 4 is 6.21 Å². The average molecular weight is 230 g/mol. The lowest BCUT2D eigenvalue weighted by atomic mass is 10.2. The number of nitrogens with zero attached hydrogens (tertiary/aromatic N) is 3. The highest BCUT2D eigenvalue weighted by atomic mass is 16.2. The van der Waals surface area contributed by atoms with Crippen LogP contribution < -0.4 is 5.69 Å². The third-order valence-corrected chi connectivity index (χ3v) is 2.43. The van der Waals surface area contributed by atoms with Crippen molar-refractivity contribution in [3.05, 3.63) is 51.7 Å². The first kappa shape index (κ1) is 11.3. The lowest BCUT2D eigenvalue weighted by Crippen LogP contribution is -2.14. The molecular formula is C12H14N4O. The fraction of sp³-hybridized carbons (Fsp3) is 0.250. The van der Waals surface area contributed by atoms with Crippen LogP contribution in [0.15, 0.2) is 34.2 Å². The van der Waals surface area contributed by atoms with E-state index in [4.69, 9.17) is 0 Å². The smallest absolute Gasteiger partial charge is 0.244 e. The number of aromatic amines is 1. The van der Waals surface area contributed by atoms with Gasteiger partial charge in [-0.25, -0.2) is 9.89 Å². The topological polar surface area (TPSA) is 63.0 Å². The molecule has 17 heavy (non-hydrogen) atoms. The van der Waals surface area contributed by atoms with Crippen LogP contribution in [0.25, 0.3) is 0 Å². The largest absolute Gasteiger partial charge is 0.364 e. The molecule has 2 rings (SSSR count). The summed E-state index contributed by atoms with van der Waals surface area (Å²) in [7, 11) is 0. The van der Waals surface area contributed by atoms with E-state index in [-0.39, 0.29) is 5.69 Å². The van der Waals surface area contributed by atoms with Crippen molar-refractivity contribution in [1.29, 1.82) is 0 Å². The Morgan fingerprint density at radius 1 is 1.41 bits per heavy atom. The first-order valence-corrected chi connectivity index (χ1v) is 5.48. The van der Waals surface area contributed by atoms with E-state index < -0.39 is 0 Å². The molecule has 0 aliphatic carbocycles. The van der Waals surface area contributed by atoms with Gasteiger partial charge in [-0.15, -0.1) is 0 Å². The number of nitrogens with one attached hydrogen (secondary N) is 1. The van der Waals surface area contributed by atoms with Gasteiger partial charge in [0.15, 0.2) is 5.82 Å². The zero-order chi connectivity index (χ0) is 12.3. The summed E-state index contributed by atoms with van der Waals surface area (Å²) in [6.07, 6.45) is 2.31. The van der Waals surface area contributed by atoms with Gasteiger partial charge in [-0.3, -0.25) is 0 Å². The van der Waals surface area contributed by atoms with E-state index in [0.717, 1.165) is 5.56 Å². The number of H-pyrrole nitrogens is 1. The Kier molecular flexibility index (Phi) is 3.18. The van der Waals surface area contributed by atoms with Crippen LogP contribution in [0.1, 0.15) is 23.9 Å². The summed E-state index contributed by atoms with van der Waals surface area (Å²) in [6, 6.07) is 7.91. The van der Waals surface area contributed by atoms with Crippen molar-refractivity contribution in [2.24, 2.45) is 5.10 Å². The Morgan fingerprint density at radius 3 is 2.76 bits per heavy atom. The number of hydrogen-bond donors (Lipinski definition) is 1. The van der Waals surface area contributed by atoms with Gasteiger partial charge >= 0.3 is 5.69 Å². The molecule has 0 fully saturated rings. The first-order valence-electron chi connectivity index (χ1n) is 5.48. The Balaban J connectivity index is 2.28. The molecule has 0 unspecified atom stereocenters. The standard InChI is InChI=1S/C12H14N4O/c1-3-11-14-15-12(17)16(11)13-8-10-6-4-9(2)5-7-10/h4-8H,3H2,1-2H3,(H,15,17)/b13-8-. The number of rotatable bonds is 3. The van der Waals surface area contributed by atoms with E-state index in [2.05, 4.69) is 15.3 Å². The van der Waals surface area contributed by atoms with E-state index in [1.165, 1.54) is 10.2 Å². The molecule has 0 atom stereocenters. The highest BCUT2D eigenvalue weighted by Crippen LogP contribution is 2.00. The number of hydrogen-bond acceptors (Lipinski definition) is 3. The van der Waals surface area contributed by atoms with Crippen LogP contribution in [0.2, 0.25) is 0 Å². The molecule has 0 bridgehead atoms. The van der Waals surface area contributed by atoms with E-state index in [9.17, 15) is 4.79 Å². The van der Waals surface area contributed by atoms with Gasteiger partial charge in [-0.2, -0.15) is 14.9 Å². The number of benzene rings is 1. The van der Waals surface area contributed by atoms with Crippen molar-refractivity contribution in [1.82, 2.24) is 14.9 Å². The molecule has 0 spiro atoms. The molecule has 1 aromatic heterocycles. The molecule has 0 saturated heterocycles. The second-order valence-electron chi connectivity index (χ2n) is 3.77. The fourth-order valence-corrected chi connectivity index (χ4v) is 1.45. The van der Waals surface area contributed by atoms with Crippen molar-refractivity contribution in [2.45, 2.75) is 20.3 Å². The van der Waals surface area contributed by atoms with Crippen molar-refractivity contribution < 1.29 is 0 Å². The van der Waals surface area contributed by atoms with Crippen molar-refractivity contribution in [2.75, 3.05) is 0 Å². The SMILES string of the molecule is CCc1n[nH]c(=O)n1/N=C\c1ccc(C)cc1. The van der Waals surface area contributed by atoms with Gasteiger partial charge in [-0.1, -0.05) is 36.8 Å². The lowest BCUT2D eigenvalue weighted by molar-refractivity contribution is 0.765. The third-order valence-electron chi connectivity index (χ3n) is 2.43. The van der Waals surface area contributed by atoms with Crippen molar-refractivity contribution in [3.8, 4) is 0 Å². The van der Waals surface area contributed by atoms with Gasteiger partial charge in [0.25, 0.3) is 0 Å². The lowest BCUT2D eigenvalue weighted by Gasteiger charge is -1.96. The zero-order valence-corrected chi connectivity index (χ0v) is 9.84. The van der Waals surface area contributed by atoms with E-state index in [0.29, 0.717) is 12.2 Å². The Morgan fingerprint density at radius 2 is 2.12 bits per heavy atom. The zero-order valence-electron chi connectivity index (χ0n) is 9.84. The molecule has 1 N–H and O–H groups in total. The second kappa shape index (κ2) is 4.78. The Hall–Kier alpha value is -2.17. The Labute approximate surface area is 98.8 Å². The summed E-state index contributed by atoms with van der Waals surface area (Å²) in [5.74, 6) is 0.623. The highest BCUT2D eigenvalue weighted by molar-refractivity contribution is 5.79. The summed E-state index contributed by atoms with van der Waals surface area (Å²) in [6.45, 7) is 3.95. The maximum absolute atomic E-state index is 11.4. The van der Waals surface area contributed by atoms with Crippen molar-refractivity contribution in [3.63, 3.8) is 0 Å². The quantitative estimate of drug-likeness (QED) is 0.808. The molecule has 0 radical (unpaired) electrons. The molecule has 0 amide bonds. The summed E-state index contributed by atoms with van der Waals surface area (Å²) in [5, 5.41) is 10.4. The van der Waals surface area contributed by atoms with Crippen LogP contribution in [0.5, 0.6) is 0 Å².